The van der Waals surface area contributed by atoms with E-state index in [4.69, 9.17) is 9.47 Å². The Balaban J connectivity index is 2.20. The molecule has 2 nitrogen and oxygen atoms in total. The molecule has 0 aliphatic heterocycles. The first kappa shape index (κ1) is 12.7. The minimum absolute atomic E-state index is 0.456. The van der Waals surface area contributed by atoms with Crippen LogP contribution in [-0.2, 0) is 0 Å². The van der Waals surface area contributed by atoms with E-state index in [0.29, 0.717) is 18.0 Å². The average Bonchev–Trinajstić information content (AvgIpc) is 3.15. The Morgan fingerprint density at radius 3 is 2.41 bits per heavy atom. The van der Waals surface area contributed by atoms with Crippen molar-refractivity contribution in [3.63, 3.8) is 0 Å². The van der Waals surface area contributed by atoms with Crippen LogP contribution in [0.2, 0.25) is 0 Å². The molecule has 0 heterocycles. The molecular formula is C14H19BrO2. The largest absolute Gasteiger partial charge is 0.490 e. The Morgan fingerprint density at radius 1 is 1.18 bits per heavy atom. The van der Waals surface area contributed by atoms with Gasteiger partial charge in [0.25, 0.3) is 0 Å². The first-order valence-corrected chi connectivity index (χ1v) is 7.21. The van der Waals surface area contributed by atoms with E-state index in [1.807, 2.05) is 19.9 Å². The zero-order valence-electron chi connectivity index (χ0n) is 10.4. The average molecular weight is 299 g/mol. The number of alkyl halides is 1. The summed E-state index contributed by atoms with van der Waals surface area (Å²) >= 11 is 3.77. The SMILES string of the molecule is CCOc1ccc(C(Br)C2CC2)cc1OCC. The van der Waals surface area contributed by atoms with Gasteiger partial charge in [0.1, 0.15) is 0 Å². The van der Waals surface area contributed by atoms with Crippen molar-refractivity contribution in [1.29, 1.82) is 0 Å². The van der Waals surface area contributed by atoms with Gasteiger partial charge in [-0.2, -0.15) is 0 Å². The van der Waals surface area contributed by atoms with E-state index in [2.05, 4.69) is 28.1 Å². The molecule has 2 rings (SSSR count). The lowest BCUT2D eigenvalue weighted by Gasteiger charge is -2.14. The number of ether oxygens (including phenoxy) is 2. The molecule has 0 aromatic heterocycles. The van der Waals surface area contributed by atoms with Gasteiger partial charge < -0.3 is 9.47 Å². The third-order valence-electron chi connectivity index (χ3n) is 2.92. The van der Waals surface area contributed by atoms with Crippen molar-refractivity contribution in [3.8, 4) is 11.5 Å². The van der Waals surface area contributed by atoms with E-state index in [0.717, 1.165) is 17.4 Å². The molecule has 1 aromatic carbocycles. The van der Waals surface area contributed by atoms with Crippen molar-refractivity contribution < 1.29 is 9.47 Å². The molecule has 1 unspecified atom stereocenters. The molecule has 0 spiro atoms. The van der Waals surface area contributed by atoms with Crippen molar-refractivity contribution in [2.75, 3.05) is 13.2 Å². The number of benzene rings is 1. The van der Waals surface area contributed by atoms with E-state index < -0.39 is 0 Å². The maximum atomic E-state index is 5.63. The molecule has 1 aliphatic rings. The number of hydrogen-bond donors (Lipinski definition) is 0. The van der Waals surface area contributed by atoms with Crippen LogP contribution in [0, 0.1) is 5.92 Å². The lowest BCUT2D eigenvalue weighted by molar-refractivity contribution is 0.287. The zero-order chi connectivity index (χ0) is 12.3. The molecule has 1 aromatic rings. The van der Waals surface area contributed by atoms with Crippen LogP contribution < -0.4 is 9.47 Å². The van der Waals surface area contributed by atoms with Crippen molar-refractivity contribution in [3.05, 3.63) is 23.8 Å². The van der Waals surface area contributed by atoms with Crippen LogP contribution in [0.15, 0.2) is 18.2 Å². The van der Waals surface area contributed by atoms with Gasteiger partial charge in [0.2, 0.25) is 0 Å². The first-order valence-electron chi connectivity index (χ1n) is 6.29. The molecule has 0 saturated heterocycles. The van der Waals surface area contributed by atoms with Gasteiger partial charge in [-0.1, -0.05) is 22.0 Å². The van der Waals surface area contributed by atoms with Crippen LogP contribution in [0.1, 0.15) is 37.1 Å². The highest BCUT2D eigenvalue weighted by Gasteiger charge is 2.30. The van der Waals surface area contributed by atoms with Crippen LogP contribution in [0.3, 0.4) is 0 Å². The summed E-state index contributed by atoms with van der Waals surface area (Å²) in [6, 6.07) is 6.25. The summed E-state index contributed by atoms with van der Waals surface area (Å²) in [6.07, 6.45) is 2.65. The first-order chi connectivity index (χ1) is 8.26. The zero-order valence-corrected chi connectivity index (χ0v) is 12.0. The fourth-order valence-electron chi connectivity index (χ4n) is 1.90. The Bertz CT molecular complexity index is 374. The maximum absolute atomic E-state index is 5.63. The third-order valence-corrected chi connectivity index (χ3v) is 4.20. The van der Waals surface area contributed by atoms with Crippen LogP contribution in [0.25, 0.3) is 0 Å². The normalized spacial score (nSPS) is 16.6. The minimum Gasteiger partial charge on any atom is -0.490 e. The second kappa shape index (κ2) is 5.76. The van der Waals surface area contributed by atoms with Crippen molar-refractivity contribution in [2.24, 2.45) is 5.92 Å². The maximum Gasteiger partial charge on any atom is 0.161 e. The quantitative estimate of drug-likeness (QED) is 0.728. The number of rotatable bonds is 6. The molecule has 0 radical (unpaired) electrons. The monoisotopic (exact) mass is 298 g/mol. The lowest BCUT2D eigenvalue weighted by Crippen LogP contribution is -2.00. The van der Waals surface area contributed by atoms with Gasteiger partial charge in [0, 0.05) is 4.83 Å². The van der Waals surface area contributed by atoms with E-state index in [1.165, 1.54) is 18.4 Å². The highest BCUT2D eigenvalue weighted by Crippen LogP contribution is 2.47. The summed E-state index contributed by atoms with van der Waals surface area (Å²) in [5.41, 5.74) is 1.29. The Morgan fingerprint density at radius 2 is 1.82 bits per heavy atom. The predicted octanol–water partition coefficient (Wildman–Crippen LogP) is 4.33. The molecule has 94 valence electrons. The van der Waals surface area contributed by atoms with Gasteiger partial charge in [-0.15, -0.1) is 0 Å². The highest BCUT2D eigenvalue weighted by molar-refractivity contribution is 9.09. The van der Waals surface area contributed by atoms with Crippen LogP contribution in [0.4, 0.5) is 0 Å². The van der Waals surface area contributed by atoms with Crippen LogP contribution >= 0.6 is 15.9 Å². The summed E-state index contributed by atoms with van der Waals surface area (Å²) in [5.74, 6) is 2.49. The molecule has 1 fully saturated rings. The predicted molar refractivity (Wildman–Crippen MR) is 73.2 cm³/mol. The highest BCUT2D eigenvalue weighted by atomic mass is 79.9. The molecule has 1 saturated carbocycles. The minimum atomic E-state index is 0.456. The Kier molecular flexibility index (Phi) is 4.32. The molecule has 17 heavy (non-hydrogen) atoms. The summed E-state index contributed by atoms with van der Waals surface area (Å²) in [7, 11) is 0. The van der Waals surface area contributed by atoms with E-state index >= 15 is 0 Å². The third kappa shape index (κ3) is 3.15. The van der Waals surface area contributed by atoms with Gasteiger partial charge in [0.05, 0.1) is 13.2 Å². The summed E-state index contributed by atoms with van der Waals surface area (Å²) < 4.78 is 11.2. The topological polar surface area (TPSA) is 18.5 Å². The van der Waals surface area contributed by atoms with Gasteiger partial charge in [-0.3, -0.25) is 0 Å². The standard InChI is InChI=1S/C14H19BrO2/c1-3-16-12-8-7-11(9-13(12)17-4-2)14(15)10-5-6-10/h7-10,14H,3-6H2,1-2H3. The van der Waals surface area contributed by atoms with Gasteiger partial charge >= 0.3 is 0 Å². The smallest absolute Gasteiger partial charge is 0.161 e. The summed E-state index contributed by atoms with van der Waals surface area (Å²) in [4.78, 5) is 0.456. The molecule has 0 amide bonds. The van der Waals surface area contributed by atoms with E-state index in [-0.39, 0.29) is 0 Å². The number of halogens is 1. The second-order valence-corrected chi connectivity index (χ2v) is 5.30. The van der Waals surface area contributed by atoms with Gasteiger partial charge in [-0.25, -0.2) is 0 Å². The van der Waals surface area contributed by atoms with Gasteiger partial charge in [0.15, 0.2) is 11.5 Å². The van der Waals surface area contributed by atoms with E-state index in [1.54, 1.807) is 0 Å². The van der Waals surface area contributed by atoms with Crippen molar-refractivity contribution in [2.45, 2.75) is 31.5 Å². The van der Waals surface area contributed by atoms with Crippen LogP contribution in [0.5, 0.6) is 11.5 Å². The molecule has 0 N–H and O–H groups in total. The molecular weight excluding hydrogens is 280 g/mol. The lowest BCUT2D eigenvalue weighted by atomic mass is 10.1. The summed E-state index contributed by atoms with van der Waals surface area (Å²) in [5, 5.41) is 0. The Hall–Kier alpha value is -0.700. The summed E-state index contributed by atoms with van der Waals surface area (Å²) in [6.45, 7) is 5.32. The van der Waals surface area contributed by atoms with Gasteiger partial charge in [-0.05, 0) is 50.3 Å². The molecule has 1 aliphatic carbocycles. The van der Waals surface area contributed by atoms with Crippen molar-refractivity contribution >= 4 is 15.9 Å². The Labute approximate surface area is 111 Å². The second-order valence-electron chi connectivity index (χ2n) is 4.31. The fourth-order valence-corrected chi connectivity index (χ4v) is 2.71. The fraction of sp³-hybridized carbons (Fsp3) is 0.571. The molecule has 3 heteroatoms. The van der Waals surface area contributed by atoms with Crippen molar-refractivity contribution in [1.82, 2.24) is 0 Å². The number of hydrogen-bond acceptors (Lipinski definition) is 2. The van der Waals surface area contributed by atoms with E-state index in [9.17, 15) is 0 Å². The molecule has 0 bridgehead atoms. The van der Waals surface area contributed by atoms with Crippen LogP contribution in [-0.4, -0.2) is 13.2 Å². The molecule has 1 atom stereocenters.